The Kier molecular flexibility index (Phi) is 5.76. The van der Waals surface area contributed by atoms with E-state index >= 15 is 0 Å². The highest BCUT2D eigenvalue weighted by atomic mass is 32.2. The van der Waals surface area contributed by atoms with Crippen LogP contribution < -0.4 is 5.32 Å². The normalized spacial score (nSPS) is 21.2. The molecule has 1 aliphatic heterocycles. The van der Waals surface area contributed by atoms with Gasteiger partial charge in [-0.2, -0.15) is 0 Å². The number of hydrogen-bond acceptors (Lipinski definition) is 4. The number of carboxylic acids is 1. The van der Waals surface area contributed by atoms with Gasteiger partial charge in [-0.25, -0.2) is 4.79 Å². The third kappa shape index (κ3) is 3.91. The number of carbonyl (C=O) groups is 2. The van der Waals surface area contributed by atoms with Crippen LogP contribution in [0.5, 0.6) is 0 Å². The van der Waals surface area contributed by atoms with E-state index in [4.69, 9.17) is 0 Å². The Morgan fingerprint density at radius 1 is 1.00 bits per heavy atom. The standard InChI is InChI=1S/C18H23NO3S2/c20-15(19-18(17(21)22)9-2-1-3-10-18)13-5-7-14(8-6-13)16-23-11-4-12-24-16/h5-8,16H,1-4,9-12H2,(H,19,20)(H,21,22). The first kappa shape index (κ1) is 17.7. The molecule has 1 saturated carbocycles. The van der Waals surface area contributed by atoms with Gasteiger partial charge in [0.15, 0.2) is 0 Å². The van der Waals surface area contributed by atoms with E-state index in [2.05, 4.69) is 5.32 Å². The Hall–Kier alpha value is -1.14. The minimum atomic E-state index is -1.09. The molecule has 0 radical (unpaired) electrons. The van der Waals surface area contributed by atoms with Crippen LogP contribution >= 0.6 is 23.5 Å². The van der Waals surface area contributed by atoms with Crippen molar-refractivity contribution >= 4 is 35.4 Å². The van der Waals surface area contributed by atoms with Crippen molar-refractivity contribution in [1.82, 2.24) is 5.32 Å². The maximum Gasteiger partial charge on any atom is 0.329 e. The number of amides is 1. The second-order valence-electron chi connectivity index (χ2n) is 6.45. The van der Waals surface area contributed by atoms with Crippen LogP contribution in [0.3, 0.4) is 0 Å². The maximum absolute atomic E-state index is 12.5. The van der Waals surface area contributed by atoms with Gasteiger partial charge < -0.3 is 10.4 Å². The summed E-state index contributed by atoms with van der Waals surface area (Å²) in [6.07, 6.45) is 5.02. The predicted octanol–water partition coefficient (Wildman–Crippen LogP) is 4.07. The fourth-order valence-electron chi connectivity index (χ4n) is 3.31. The van der Waals surface area contributed by atoms with Crippen molar-refractivity contribution in [3.63, 3.8) is 0 Å². The Morgan fingerprint density at radius 3 is 2.21 bits per heavy atom. The molecule has 0 spiro atoms. The van der Waals surface area contributed by atoms with E-state index in [0.717, 1.165) is 19.3 Å². The van der Waals surface area contributed by atoms with Gasteiger partial charge in [-0.3, -0.25) is 4.79 Å². The monoisotopic (exact) mass is 365 g/mol. The molecule has 1 aromatic carbocycles. The first-order valence-electron chi connectivity index (χ1n) is 8.50. The fraction of sp³-hybridized carbons (Fsp3) is 0.556. The molecule has 4 nitrogen and oxygen atoms in total. The largest absolute Gasteiger partial charge is 0.480 e. The lowest BCUT2D eigenvalue weighted by atomic mass is 9.81. The fourth-order valence-corrected chi connectivity index (χ4v) is 6.20. The first-order chi connectivity index (χ1) is 11.6. The maximum atomic E-state index is 12.5. The number of rotatable bonds is 4. The minimum Gasteiger partial charge on any atom is -0.480 e. The number of thioether (sulfide) groups is 2. The van der Waals surface area contributed by atoms with Crippen LogP contribution in [0.25, 0.3) is 0 Å². The Morgan fingerprint density at radius 2 is 1.62 bits per heavy atom. The van der Waals surface area contributed by atoms with E-state index in [9.17, 15) is 14.7 Å². The molecule has 2 fully saturated rings. The molecule has 0 atom stereocenters. The first-order valence-corrected chi connectivity index (χ1v) is 10.6. The predicted molar refractivity (Wildman–Crippen MR) is 99.6 cm³/mol. The molecule has 2 aliphatic rings. The molecule has 2 N–H and O–H groups in total. The molecule has 1 saturated heterocycles. The van der Waals surface area contributed by atoms with Gasteiger partial charge in [0.25, 0.3) is 5.91 Å². The summed E-state index contributed by atoms with van der Waals surface area (Å²) in [5.41, 5.74) is 0.672. The van der Waals surface area contributed by atoms with Crippen LogP contribution in [0, 0.1) is 0 Å². The quantitative estimate of drug-likeness (QED) is 0.842. The summed E-state index contributed by atoms with van der Waals surface area (Å²) in [4.78, 5) is 24.2. The molecule has 0 unspecified atom stereocenters. The number of benzene rings is 1. The van der Waals surface area contributed by atoms with Crippen LogP contribution in [0.1, 0.15) is 59.0 Å². The third-order valence-corrected chi connectivity index (χ3v) is 7.76. The van der Waals surface area contributed by atoms with E-state index < -0.39 is 11.5 Å². The summed E-state index contributed by atoms with van der Waals surface area (Å²) in [6.45, 7) is 0. The van der Waals surface area contributed by atoms with Crippen molar-refractivity contribution in [3.8, 4) is 0 Å². The summed E-state index contributed by atoms with van der Waals surface area (Å²) in [6, 6.07) is 7.63. The van der Waals surface area contributed by atoms with Gasteiger partial charge >= 0.3 is 5.97 Å². The number of carbonyl (C=O) groups excluding carboxylic acids is 1. The summed E-state index contributed by atoms with van der Waals surface area (Å²) in [5.74, 6) is 1.17. The molecule has 6 heteroatoms. The molecule has 130 valence electrons. The zero-order valence-electron chi connectivity index (χ0n) is 13.6. The van der Waals surface area contributed by atoms with Gasteiger partial charge in [0, 0.05) is 5.56 Å². The van der Waals surface area contributed by atoms with E-state index in [0.29, 0.717) is 23.0 Å². The molecule has 24 heavy (non-hydrogen) atoms. The minimum absolute atomic E-state index is 0.283. The molecular formula is C18H23NO3S2. The molecular weight excluding hydrogens is 342 g/mol. The van der Waals surface area contributed by atoms with Gasteiger partial charge in [-0.1, -0.05) is 31.4 Å². The van der Waals surface area contributed by atoms with Crippen LogP contribution in [-0.2, 0) is 4.79 Å². The smallest absolute Gasteiger partial charge is 0.329 e. The van der Waals surface area contributed by atoms with Crippen LogP contribution in [-0.4, -0.2) is 34.0 Å². The highest BCUT2D eigenvalue weighted by molar-refractivity contribution is 8.16. The molecule has 1 heterocycles. The van der Waals surface area contributed by atoms with Crippen molar-refractivity contribution in [2.45, 2.75) is 48.6 Å². The lowest BCUT2D eigenvalue weighted by molar-refractivity contribution is -0.145. The number of aliphatic carboxylic acids is 1. The molecule has 0 bridgehead atoms. The summed E-state index contributed by atoms with van der Waals surface area (Å²) in [7, 11) is 0. The van der Waals surface area contributed by atoms with Crippen molar-refractivity contribution in [3.05, 3.63) is 35.4 Å². The van der Waals surface area contributed by atoms with Gasteiger partial charge in [0.1, 0.15) is 5.54 Å². The summed E-state index contributed by atoms with van der Waals surface area (Å²) < 4.78 is 0.444. The number of carboxylic acid groups (broad SMARTS) is 1. The lowest BCUT2D eigenvalue weighted by Crippen LogP contribution is -2.55. The average molecular weight is 366 g/mol. The summed E-state index contributed by atoms with van der Waals surface area (Å²) in [5, 5.41) is 12.4. The molecule has 1 aliphatic carbocycles. The van der Waals surface area contributed by atoms with Crippen LogP contribution in [0.4, 0.5) is 0 Å². The molecule has 1 amide bonds. The third-order valence-electron chi connectivity index (χ3n) is 4.74. The van der Waals surface area contributed by atoms with E-state index in [1.165, 1.54) is 23.5 Å². The van der Waals surface area contributed by atoms with Gasteiger partial charge in [0.2, 0.25) is 0 Å². The number of nitrogens with one attached hydrogen (secondary N) is 1. The van der Waals surface area contributed by atoms with Gasteiger partial charge in [0.05, 0.1) is 4.58 Å². The van der Waals surface area contributed by atoms with Crippen molar-refractivity contribution < 1.29 is 14.7 Å². The second kappa shape index (κ2) is 7.83. The zero-order chi connectivity index (χ0) is 17.0. The van der Waals surface area contributed by atoms with E-state index in [1.54, 1.807) is 0 Å². The van der Waals surface area contributed by atoms with Crippen molar-refractivity contribution in [2.24, 2.45) is 0 Å². The molecule has 0 aromatic heterocycles. The highest BCUT2D eigenvalue weighted by Gasteiger charge is 2.41. The topological polar surface area (TPSA) is 66.4 Å². The highest BCUT2D eigenvalue weighted by Crippen LogP contribution is 2.43. The Labute approximate surface area is 151 Å². The van der Waals surface area contributed by atoms with Gasteiger partial charge in [-0.05, 0) is 48.5 Å². The zero-order valence-corrected chi connectivity index (χ0v) is 15.3. The van der Waals surface area contributed by atoms with Crippen LogP contribution in [0.15, 0.2) is 24.3 Å². The average Bonchev–Trinajstić information content (AvgIpc) is 2.63. The van der Waals surface area contributed by atoms with Gasteiger partial charge in [-0.15, -0.1) is 23.5 Å². The van der Waals surface area contributed by atoms with E-state index in [-0.39, 0.29) is 5.91 Å². The lowest BCUT2D eigenvalue weighted by Gasteiger charge is -2.34. The Balaban J connectivity index is 1.69. The SMILES string of the molecule is O=C(NC1(C(=O)O)CCCCC1)c1ccc(C2SCCCS2)cc1. The van der Waals surface area contributed by atoms with Crippen molar-refractivity contribution in [2.75, 3.05) is 11.5 Å². The van der Waals surface area contributed by atoms with Crippen LogP contribution in [0.2, 0.25) is 0 Å². The molecule has 3 rings (SSSR count). The van der Waals surface area contributed by atoms with E-state index in [1.807, 2.05) is 47.8 Å². The number of hydrogen-bond donors (Lipinski definition) is 2. The molecule has 1 aromatic rings. The Bertz CT molecular complexity index is 591. The van der Waals surface area contributed by atoms with Crippen molar-refractivity contribution in [1.29, 1.82) is 0 Å². The summed E-state index contributed by atoms with van der Waals surface area (Å²) >= 11 is 3.89. The second-order valence-corrected chi connectivity index (χ2v) is 9.18.